The van der Waals surface area contributed by atoms with Crippen molar-refractivity contribution in [2.75, 3.05) is 19.4 Å². The van der Waals surface area contributed by atoms with Crippen LogP contribution in [0.15, 0.2) is 36.4 Å². The van der Waals surface area contributed by atoms with E-state index in [1.165, 1.54) is 17.0 Å². The number of hydrogen-bond donors (Lipinski definition) is 1. The molecule has 0 spiro atoms. The van der Waals surface area contributed by atoms with Crippen molar-refractivity contribution in [2.24, 2.45) is 0 Å². The van der Waals surface area contributed by atoms with Crippen molar-refractivity contribution in [1.82, 2.24) is 4.90 Å². The molecule has 0 aliphatic heterocycles. The molecule has 0 heterocycles. The van der Waals surface area contributed by atoms with Crippen LogP contribution in [-0.2, 0) is 0 Å². The van der Waals surface area contributed by atoms with Crippen LogP contribution in [0, 0.1) is 11.6 Å². The Hall–Kier alpha value is -2.47. The fourth-order valence-corrected chi connectivity index (χ4v) is 2.09. The van der Waals surface area contributed by atoms with Crippen LogP contribution in [-0.4, -0.2) is 30.8 Å². The molecule has 2 rings (SSSR count). The smallest absolute Gasteiger partial charge is 0.257 e. The van der Waals surface area contributed by atoms with Crippen molar-refractivity contribution in [3.05, 3.63) is 64.2 Å². The SMILES string of the molecule is CN(C)C(=O)c1ccc(NC(=O)c2cc(F)c(F)cc2Cl)cc1. The molecular weight excluding hydrogens is 326 g/mol. The molecule has 7 heteroatoms. The Labute approximate surface area is 136 Å². The molecule has 0 saturated carbocycles. The molecule has 0 saturated heterocycles. The van der Waals surface area contributed by atoms with Crippen LogP contribution < -0.4 is 5.32 Å². The number of nitrogens with zero attached hydrogens (tertiary/aromatic N) is 1. The van der Waals surface area contributed by atoms with Crippen molar-refractivity contribution in [3.63, 3.8) is 0 Å². The van der Waals surface area contributed by atoms with E-state index in [-0.39, 0.29) is 16.5 Å². The van der Waals surface area contributed by atoms with Gasteiger partial charge in [-0.05, 0) is 36.4 Å². The van der Waals surface area contributed by atoms with Crippen LogP contribution in [0.3, 0.4) is 0 Å². The van der Waals surface area contributed by atoms with Crippen LogP contribution in [0.2, 0.25) is 5.02 Å². The molecule has 2 aromatic carbocycles. The summed E-state index contributed by atoms with van der Waals surface area (Å²) in [6.07, 6.45) is 0. The molecule has 2 aromatic rings. The third-order valence-electron chi connectivity index (χ3n) is 3.05. The number of amides is 2. The van der Waals surface area contributed by atoms with E-state index in [0.29, 0.717) is 11.3 Å². The standard InChI is InChI=1S/C16H13ClF2N2O2/c1-21(2)16(23)9-3-5-10(6-4-9)20-15(22)11-7-13(18)14(19)8-12(11)17/h3-8H,1-2H3,(H,20,22). The number of nitrogens with one attached hydrogen (secondary N) is 1. The lowest BCUT2D eigenvalue weighted by Crippen LogP contribution is -2.21. The minimum Gasteiger partial charge on any atom is -0.345 e. The van der Waals surface area contributed by atoms with Crippen LogP contribution in [0.1, 0.15) is 20.7 Å². The molecule has 4 nitrogen and oxygen atoms in total. The number of carbonyl (C=O) groups excluding carboxylic acids is 2. The van der Waals surface area contributed by atoms with Crippen molar-refractivity contribution >= 4 is 29.1 Å². The molecule has 0 aliphatic carbocycles. The van der Waals surface area contributed by atoms with Gasteiger partial charge in [0.1, 0.15) is 0 Å². The van der Waals surface area contributed by atoms with Gasteiger partial charge >= 0.3 is 0 Å². The zero-order valence-corrected chi connectivity index (χ0v) is 13.1. The van der Waals surface area contributed by atoms with Gasteiger partial charge in [0, 0.05) is 25.3 Å². The minimum absolute atomic E-state index is 0.175. The lowest BCUT2D eigenvalue weighted by Gasteiger charge is -2.11. The summed E-state index contributed by atoms with van der Waals surface area (Å²) in [5.41, 5.74) is 0.670. The van der Waals surface area contributed by atoms with Gasteiger partial charge in [0.25, 0.3) is 11.8 Å². The maximum absolute atomic E-state index is 13.2. The van der Waals surface area contributed by atoms with Crippen molar-refractivity contribution in [3.8, 4) is 0 Å². The Balaban J connectivity index is 2.18. The number of anilines is 1. The lowest BCUT2D eigenvalue weighted by molar-refractivity contribution is 0.0827. The third-order valence-corrected chi connectivity index (χ3v) is 3.36. The first-order valence-corrected chi connectivity index (χ1v) is 6.95. The fourth-order valence-electron chi connectivity index (χ4n) is 1.85. The van der Waals surface area contributed by atoms with Crippen LogP contribution in [0.5, 0.6) is 0 Å². The third kappa shape index (κ3) is 3.84. The second-order valence-electron chi connectivity index (χ2n) is 4.98. The van der Waals surface area contributed by atoms with Gasteiger partial charge in [-0.3, -0.25) is 9.59 Å². The van der Waals surface area contributed by atoms with Crippen molar-refractivity contribution < 1.29 is 18.4 Å². The summed E-state index contributed by atoms with van der Waals surface area (Å²) in [4.78, 5) is 25.2. The summed E-state index contributed by atoms with van der Waals surface area (Å²) in [6, 6.07) is 7.63. The number of hydrogen-bond acceptors (Lipinski definition) is 2. The molecular formula is C16H13ClF2N2O2. The number of benzene rings is 2. The molecule has 0 aromatic heterocycles. The first kappa shape index (κ1) is 16.9. The number of halogens is 3. The summed E-state index contributed by atoms with van der Waals surface area (Å²) in [6.45, 7) is 0. The van der Waals surface area contributed by atoms with Gasteiger partial charge in [0.2, 0.25) is 0 Å². The Morgan fingerprint density at radius 1 is 1.04 bits per heavy atom. The lowest BCUT2D eigenvalue weighted by atomic mass is 10.1. The Kier molecular flexibility index (Phi) is 4.95. The molecule has 0 atom stereocenters. The van der Waals surface area contributed by atoms with Gasteiger partial charge in [-0.2, -0.15) is 0 Å². The van der Waals surface area contributed by atoms with E-state index >= 15 is 0 Å². The average molecular weight is 339 g/mol. The highest BCUT2D eigenvalue weighted by molar-refractivity contribution is 6.34. The molecule has 1 N–H and O–H groups in total. The zero-order chi connectivity index (χ0) is 17.1. The van der Waals surface area contributed by atoms with Gasteiger partial charge < -0.3 is 10.2 Å². The first-order valence-electron chi connectivity index (χ1n) is 6.57. The predicted octanol–water partition coefficient (Wildman–Crippen LogP) is 3.57. The number of carbonyl (C=O) groups is 2. The fraction of sp³-hybridized carbons (Fsp3) is 0.125. The van der Waals surface area contributed by atoms with Crippen molar-refractivity contribution in [1.29, 1.82) is 0 Å². The second kappa shape index (κ2) is 6.75. The van der Waals surface area contributed by atoms with E-state index in [1.54, 1.807) is 26.2 Å². The molecule has 23 heavy (non-hydrogen) atoms. The largest absolute Gasteiger partial charge is 0.345 e. The first-order chi connectivity index (χ1) is 10.8. The molecule has 0 fully saturated rings. The molecule has 0 radical (unpaired) electrons. The topological polar surface area (TPSA) is 49.4 Å². The second-order valence-corrected chi connectivity index (χ2v) is 5.38. The Bertz CT molecular complexity index is 761. The van der Waals surface area contributed by atoms with E-state index in [0.717, 1.165) is 12.1 Å². The summed E-state index contributed by atoms with van der Waals surface area (Å²) in [7, 11) is 3.26. The predicted molar refractivity (Wildman–Crippen MR) is 83.8 cm³/mol. The Morgan fingerprint density at radius 2 is 1.61 bits per heavy atom. The van der Waals surface area contributed by atoms with E-state index in [9.17, 15) is 18.4 Å². The Morgan fingerprint density at radius 3 is 2.17 bits per heavy atom. The number of rotatable bonds is 3. The zero-order valence-electron chi connectivity index (χ0n) is 12.4. The van der Waals surface area contributed by atoms with Gasteiger partial charge in [-0.15, -0.1) is 0 Å². The highest BCUT2D eigenvalue weighted by Crippen LogP contribution is 2.21. The summed E-state index contributed by atoms with van der Waals surface area (Å²) in [5.74, 6) is -3.14. The van der Waals surface area contributed by atoms with Crippen molar-refractivity contribution in [2.45, 2.75) is 0 Å². The molecule has 0 unspecified atom stereocenters. The molecule has 120 valence electrons. The molecule has 0 aliphatic rings. The average Bonchev–Trinajstić information content (AvgIpc) is 2.50. The maximum atomic E-state index is 13.2. The van der Waals surface area contributed by atoms with E-state index in [2.05, 4.69) is 5.32 Å². The summed E-state index contributed by atoms with van der Waals surface area (Å²) < 4.78 is 26.2. The highest BCUT2D eigenvalue weighted by atomic mass is 35.5. The maximum Gasteiger partial charge on any atom is 0.257 e. The van der Waals surface area contributed by atoms with Gasteiger partial charge in [-0.1, -0.05) is 11.6 Å². The van der Waals surface area contributed by atoms with Crippen LogP contribution in [0.25, 0.3) is 0 Å². The monoisotopic (exact) mass is 338 g/mol. The molecule has 0 bridgehead atoms. The van der Waals surface area contributed by atoms with Gasteiger partial charge in [0.05, 0.1) is 10.6 Å². The van der Waals surface area contributed by atoms with E-state index in [1.807, 2.05) is 0 Å². The quantitative estimate of drug-likeness (QED) is 0.870. The van der Waals surface area contributed by atoms with Crippen LogP contribution >= 0.6 is 11.6 Å². The van der Waals surface area contributed by atoms with Gasteiger partial charge in [-0.25, -0.2) is 8.78 Å². The molecule has 2 amide bonds. The summed E-state index contributed by atoms with van der Waals surface area (Å²) in [5, 5.41) is 2.31. The van der Waals surface area contributed by atoms with E-state index in [4.69, 9.17) is 11.6 Å². The van der Waals surface area contributed by atoms with Crippen LogP contribution in [0.4, 0.5) is 14.5 Å². The van der Waals surface area contributed by atoms with E-state index < -0.39 is 17.5 Å². The minimum atomic E-state index is -1.16. The highest BCUT2D eigenvalue weighted by Gasteiger charge is 2.15. The normalized spacial score (nSPS) is 10.3. The summed E-state index contributed by atoms with van der Waals surface area (Å²) >= 11 is 5.75. The van der Waals surface area contributed by atoms with Gasteiger partial charge in [0.15, 0.2) is 11.6 Å².